The molecule has 0 fully saturated rings. The van der Waals surface area contributed by atoms with Crippen LogP contribution in [0.25, 0.3) is 82.4 Å². The highest BCUT2D eigenvalue weighted by molar-refractivity contribution is 6.16. The van der Waals surface area contributed by atoms with Gasteiger partial charge in [0.25, 0.3) is 0 Å². The number of para-hydroxylation sites is 3. The molecule has 0 aliphatic heterocycles. The molecule has 11 rings (SSSR count). The van der Waals surface area contributed by atoms with Crippen molar-refractivity contribution in [1.82, 2.24) is 4.57 Å². The zero-order chi connectivity index (χ0) is 38.4. The molecule has 0 amide bonds. The normalized spacial score (nSPS) is 11.4. The summed E-state index contributed by atoms with van der Waals surface area (Å²) in [6.07, 6.45) is 0. The Bertz CT molecular complexity index is 3290. The Balaban J connectivity index is 1.20. The monoisotopic (exact) mass is 738 g/mol. The van der Waals surface area contributed by atoms with Crippen LogP contribution >= 0.6 is 0 Å². The first-order valence-corrected chi connectivity index (χ1v) is 19.9. The lowest BCUT2D eigenvalue weighted by Crippen LogP contribution is -2.12. The van der Waals surface area contributed by atoms with Crippen molar-refractivity contribution >= 4 is 60.4 Å². The van der Waals surface area contributed by atoms with Crippen molar-refractivity contribution in [1.29, 1.82) is 0 Å². The van der Waals surface area contributed by atoms with Gasteiger partial charge >= 0.3 is 0 Å². The number of hydrogen-bond acceptors (Lipinski definition) is 1. The van der Waals surface area contributed by atoms with E-state index in [1.165, 1.54) is 71.2 Å². The number of fused-ring (bicyclic) bond motifs is 6. The topological polar surface area (TPSA) is 8.17 Å². The summed E-state index contributed by atoms with van der Waals surface area (Å²) in [5, 5.41) is 7.32. The summed E-state index contributed by atoms with van der Waals surface area (Å²) in [6, 6.07) is 83.8. The second kappa shape index (κ2) is 14.1. The summed E-state index contributed by atoms with van der Waals surface area (Å²) in [6.45, 7) is 0. The first-order chi connectivity index (χ1) is 28.8. The van der Waals surface area contributed by atoms with Crippen LogP contribution in [0.15, 0.2) is 231 Å². The number of aromatic nitrogens is 1. The maximum atomic E-state index is 2.50. The van der Waals surface area contributed by atoms with Crippen LogP contribution in [0.2, 0.25) is 0 Å². The van der Waals surface area contributed by atoms with Crippen molar-refractivity contribution < 1.29 is 0 Å². The fourth-order valence-corrected chi connectivity index (χ4v) is 9.02. The molecule has 0 radical (unpaired) electrons. The molecule has 0 saturated heterocycles. The Hall–Kier alpha value is -7.68. The van der Waals surface area contributed by atoms with Crippen molar-refractivity contribution in [3.63, 3.8) is 0 Å². The maximum Gasteiger partial charge on any atom is 0.0546 e. The standard InChI is InChI=1S/C56H38N2/c1-3-19-39(20-4-1)43-24-9-10-26-45(43)47-28-11-12-29-48(47)49-30-15-17-33-53(49)58(56-37-40-21-7-8-25-44(40)46-27-13-14-31-50(46)56)42-35-36-55-52(38-42)51-32-16-18-34-54(51)57(55)41-22-5-2-6-23-41/h1-38H. The molecule has 2 heteroatoms. The fraction of sp³-hybridized carbons (Fsp3) is 0. The lowest BCUT2D eigenvalue weighted by Gasteiger charge is -2.30. The van der Waals surface area contributed by atoms with E-state index in [1.807, 2.05) is 0 Å². The molecule has 0 aliphatic carbocycles. The van der Waals surface area contributed by atoms with Crippen LogP contribution < -0.4 is 4.90 Å². The van der Waals surface area contributed by atoms with Gasteiger partial charge < -0.3 is 9.47 Å². The molecular formula is C56H38N2. The number of rotatable bonds is 7. The van der Waals surface area contributed by atoms with Crippen molar-refractivity contribution in [2.75, 3.05) is 4.90 Å². The number of nitrogens with zero attached hydrogens (tertiary/aromatic N) is 2. The molecular weight excluding hydrogens is 701 g/mol. The van der Waals surface area contributed by atoms with Gasteiger partial charge in [-0.2, -0.15) is 0 Å². The Morgan fingerprint density at radius 2 is 0.810 bits per heavy atom. The highest BCUT2D eigenvalue weighted by Gasteiger charge is 2.23. The maximum absolute atomic E-state index is 2.50. The molecule has 2 nitrogen and oxygen atoms in total. The zero-order valence-electron chi connectivity index (χ0n) is 31.8. The molecule has 0 N–H and O–H groups in total. The molecule has 0 aliphatic rings. The molecule has 0 bridgehead atoms. The predicted molar refractivity (Wildman–Crippen MR) is 247 cm³/mol. The summed E-state index contributed by atoms with van der Waals surface area (Å²) >= 11 is 0. The summed E-state index contributed by atoms with van der Waals surface area (Å²) in [5.74, 6) is 0. The average molecular weight is 739 g/mol. The smallest absolute Gasteiger partial charge is 0.0546 e. The minimum absolute atomic E-state index is 1.10. The quantitative estimate of drug-likeness (QED) is 0.148. The lowest BCUT2D eigenvalue weighted by atomic mass is 9.88. The van der Waals surface area contributed by atoms with Crippen LogP contribution in [-0.2, 0) is 0 Å². The lowest BCUT2D eigenvalue weighted by molar-refractivity contribution is 1.18. The molecule has 10 aromatic carbocycles. The second-order valence-electron chi connectivity index (χ2n) is 14.9. The van der Waals surface area contributed by atoms with E-state index in [1.54, 1.807) is 0 Å². The summed E-state index contributed by atoms with van der Waals surface area (Å²) in [5.41, 5.74) is 14.0. The highest BCUT2D eigenvalue weighted by Crippen LogP contribution is 2.48. The van der Waals surface area contributed by atoms with Gasteiger partial charge in [0.2, 0.25) is 0 Å². The van der Waals surface area contributed by atoms with Gasteiger partial charge in [-0.1, -0.05) is 182 Å². The third kappa shape index (κ3) is 5.57. The fourth-order valence-electron chi connectivity index (χ4n) is 9.02. The Kier molecular flexibility index (Phi) is 8.19. The van der Waals surface area contributed by atoms with Crippen molar-refractivity contribution in [2.24, 2.45) is 0 Å². The molecule has 58 heavy (non-hydrogen) atoms. The van der Waals surface area contributed by atoms with Gasteiger partial charge in [-0.25, -0.2) is 0 Å². The molecule has 1 aromatic heterocycles. The molecule has 1 heterocycles. The minimum atomic E-state index is 1.10. The molecule has 0 unspecified atom stereocenters. The molecule has 0 spiro atoms. The van der Waals surface area contributed by atoms with Gasteiger partial charge in [0.1, 0.15) is 0 Å². The SMILES string of the molecule is c1ccc(-c2ccccc2-c2ccccc2-c2ccccc2N(c2ccc3c(c2)c2ccccc2n3-c2ccccc2)c2cc3ccccc3c3ccccc23)cc1. The molecule has 0 saturated carbocycles. The number of anilines is 3. The van der Waals surface area contributed by atoms with E-state index < -0.39 is 0 Å². The van der Waals surface area contributed by atoms with Crippen LogP contribution in [0.3, 0.4) is 0 Å². The van der Waals surface area contributed by atoms with Crippen molar-refractivity contribution in [3.05, 3.63) is 231 Å². The predicted octanol–water partition coefficient (Wildman–Crippen LogP) is 15.6. The first-order valence-electron chi connectivity index (χ1n) is 19.9. The van der Waals surface area contributed by atoms with Gasteiger partial charge in [0.15, 0.2) is 0 Å². The Morgan fingerprint density at radius 1 is 0.293 bits per heavy atom. The first kappa shape index (κ1) is 33.6. The van der Waals surface area contributed by atoms with E-state index in [9.17, 15) is 0 Å². The average Bonchev–Trinajstić information content (AvgIpc) is 3.64. The van der Waals surface area contributed by atoms with E-state index in [0.29, 0.717) is 0 Å². The second-order valence-corrected chi connectivity index (χ2v) is 14.9. The van der Waals surface area contributed by atoms with E-state index >= 15 is 0 Å². The van der Waals surface area contributed by atoms with Crippen molar-refractivity contribution in [3.8, 4) is 39.1 Å². The number of hydrogen-bond donors (Lipinski definition) is 0. The van der Waals surface area contributed by atoms with Gasteiger partial charge in [-0.15, -0.1) is 0 Å². The van der Waals surface area contributed by atoms with Gasteiger partial charge in [-0.3, -0.25) is 0 Å². The summed E-state index contributed by atoms with van der Waals surface area (Å²) in [7, 11) is 0. The van der Waals surface area contributed by atoms with E-state index in [-0.39, 0.29) is 0 Å². The highest BCUT2D eigenvalue weighted by atomic mass is 15.1. The molecule has 272 valence electrons. The van der Waals surface area contributed by atoms with E-state index in [2.05, 4.69) is 240 Å². The van der Waals surface area contributed by atoms with Crippen LogP contribution in [0.1, 0.15) is 0 Å². The van der Waals surface area contributed by atoms with Crippen LogP contribution in [0.5, 0.6) is 0 Å². The van der Waals surface area contributed by atoms with Gasteiger partial charge in [0, 0.05) is 33.1 Å². The van der Waals surface area contributed by atoms with E-state index in [0.717, 1.165) is 28.3 Å². The Labute approximate surface area is 338 Å². The van der Waals surface area contributed by atoms with E-state index in [4.69, 9.17) is 0 Å². The number of benzene rings is 10. The zero-order valence-corrected chi connectivity index (χ0v) is 31.8. The van der Waals surface area contributed by atoms with Crippen molar-refractivity contribution in [2.45, 2.75) is 0 Å². The third-order valence-corrected chi connectivity index (χ3v) is 11.6. The summed E-state index contributed by atoms with van der Waals surface area (Å²) < 4.78 is 2.39. The van der Waals surface area contributed by atoms with Crippen LogP contribution in [-0.4, -0.2) is 4.57 Å². The summed E-state index contributed by atoms with van der Waals surface area (Å²) in [4.78, 5) is 2.50. The third-order valence-electron chi connectivity index (χ3n) is 11.6. The molecule has 11 aromatic rings. The van der Waals surface area contributed by atoms with Gasteiger partial charge in [-0.05, 0) is 92.5 Å². The minimum Gasteiger partial charge on any atom is -0.309 e. The molecule has 0 atom stereocenters. The van der Waals surface area contributed by atoms with Crippen LogP contribution in [0, 0.1) is 0 Å². The Morgan fingerprint density at radius 3 is 1.57 bits per heavy atom. The van der Waals surface area contributed by atoms with Crippen LogP contribution in [0.4, 0.5) is 17.1 Å². The van der Waals surface area contributed by atoms with Gasteiger partial charge in [0.05, 0.1) is 22.4 Å². The largest absolute Gasteiger partial charge is 0.309 e.